The Morgan fingerprint density at radius 3 is 2.90 bits per heavy atom. The molecule has 1 unspecified atom stereocenters. The van der Waals surface area contributed by atoms with Crippen molar-refractivity contribution < 1.29 is 23.9 Å². The molecule has 11 heteroatoms. The van der Waals surface area contributed by atoms with Crippen LogP contribution < -0.4 is 15.4 Å². The van der Waals surface area contributed by atoms with E-state index in [-0.39, 0.29) is 30.5 Å². The molecule has 10 nitrogen and oxygen atoms in total. The van der Waals surface area contributed by atoms with Gasteiger partial charge in [0.05, 0.1) is 6.61 Å². The number of anilines is 1. The van der Waals surface area contributed by atoms with Gasteiger partial charge in [-0.25, -0.2) is 0 Å². The second-order valence-corrected chi connectivity index (χ2v) is 7.67. The van der Waals surface area contributed by atoms with E-state index >= 15 is 0 Å². The Hall–Kier alpha value is -3.21. The number of fused-ring (bicyclic) bond motifs is 1. The van der Waals surface area contributed by atoms with Gasteiger partial charge in [0.25, 0.3) is 11.8 Å². The lowest BCUT2D eigenvalue weighted by molar-refractivity contribution is -0.136. The van der Waals surface area contributed by atoms with Gasteiger partial charge in [0.1, 0.15) is 16.2 Å². The molecule has 4 amide bonds. The molecule has 2 aromatic rings. The monoisotopic (exact) mass is 475 g/mol. The maximum absolute atomic E-state index is 12.7. The highest BCUT2D eigenvalue weighted by atomic mass is 79.9. The number of halogens is 1. The summed E-state index contributed by atoms with van der Waals surface area (Å²) in [5.74, 6) is -1.19. The first-order chi connectivity index (χ1) is 14.4. The van der Waals surface area contributed by atoms with Crippen molar-refractivity contribution in [2.45, 2.75) is 32.4 Å². The van der Waals surface area contributed by atoms with Gasteiger partial charge in [0.2, 0.25) is 17.7 Å². The summed E-state index contributed by atoms with van der Waals surface area (Å²) in [5, 5.41) is 11.6. The summed E-state index contributed by atoms with van der Waals surface area (Å²) in [7, 11) is 0. The minimum Gasteiger partial charge on any atom is -0.476 e. The number of piperidine rings is 1. The van der Waals surface area contributed by atoms with Gasteiger partial charge in [-0.15, -0.1) is 5.10 Å². The third kappa shape index (κ3) is 3.56. The Morgan fingerprint density at radius 1 is 1.37 bits per heavy atom. The zero-order chi connectivity index (χ0) is 21.4. The second kappa shape index (κ2) is 7.90. The van der Waals surface area contributed by atoms with Gasteiger partial charge in [-0.1, -0.05) is 0 Å². The molecule has 0 spiro atoms. The zero-order valence-corrected chi connectivity index (χ0v) is 17.5. The number of nitrogens with one attached hydrogen (secondary N) is 3. The number of rotatable bonds is 5. The van der Waals surface area contributed by atoms with Crippen LogP contribution in [-0.4, -0.2) is 51.4 Å². The van der Waals surface area contributed by atoms with Crippen LogP contribution in [0.25, 0.3) is 0 Å². The van der Waals surface area contributed by atoms with E-state index in [2.05, 4.69) is 36.8 Å². The van der Waals surface area contributed by atoms with Crippen LogP contribution in [0.2, 0.25) is 0 Å². The lowest BCUT2D eigenvalue weighted by atomic mass is 10.0. The highest BCUT2D eigenvalue weighted by Gasteiger charge is 2.39. The predicted octanol–water partition coefficient (Wildman–Crippen LogP) is 1.58. The summed E-state index contributed by atoms with van der Waals surface area (Å²) in [6.07, 6.45) is 0.491. The molecule has 1 saturated heterocycles. The molecule has 3 heterocycles. The van der Waals surface area contributed by atoms with E-state index < -0.39 is 17.9 Å². The van der Waals surface area contributed by atoms with Gasteiger partial charge < -0.3 is 15.0 Å². The van der Waals surface area contributed by atoms with Crippen molar-refractivity contribution in [1.29, 1.82) is 0 Å². The molecule has 2 aliphatic rings. The number of amides is 4. The van der Waals surface area contributed by atoms with Crippen LogP contribution in [0.1, 0.15) is 46.2 Å². The van der Waals surface area contributed by atoms with Crippen molar-refractivity contribution in [3.63, 3.8) is 0 Å². The third-order valence-corrected chi connectivity index (χ3v) is 5.70. The normalized spacial score (nSPS) is 18.3. The van der Waals surface area contributed by atoms with Crippen molar-refractivity contribution >= 4 is 45.2 Å². The third-order valence-electron chi connectivity index (χ3n) is 4.97. The van der Waals surface area contributed by atoms with Crippen LogP contribution in [0, 0.1) is 0 Å². The molecule has 4 rings (SSSR count). The Kier molecular flexibility index (Phi) is 5.29. The molecule has 0 bridgehead atoms. The maximum Gasteiger partial charge on any atom is 0.274 e. The first kappa shape index (κ1) is 20.1. The number of nitrogens with zero attached hydrogens (tertiary/aromatic N) is 2. The van der Waals surface area contributed by atoms with Gasteiger partial charge in [-0.3, -0.25) is 29.6 Å². The Morgan fingerprint density at radius 2 is 2.17 bits per heavy atom. The van der Waals surface area contributed by atoms with E-state index in [4.69, 9.17) is 4.74 Å². The summed E-state index contributed by atoms with van der Waals surface area (Å²) < 4.78 is 5.73. The number of carbonyl (C=O) groups is 4. The second-order valence-electron chi connectivity index (χ2n) is 6.88. The van der Waals surface area contributed by atoms with Crippen molar-refractivity contribution in [1.82, 2.24) is 20.4 Å². The lowest BCUT2D eigenvalue weighted by Gasteiger charge is -2.29. The van der Waals surface area contributed by atoms with Gasteiger partial charge in [-0.2, -0.15) is 0 Å². The molecule has 1 aromatic heterocycles. The minimum atomic E-state index is -0.682. The van der Waals surface area contributed by atoms with Gasteiger partial charge in [0.15, 0.2) is 0 Å². The number of hydrogen-bond donors (Lipinski definition) is 3. The summed E-state index contributed by atoms with van der Waals surface area (Å²) in [5.41, 5.74) is 1.87. The molecule has 2 aliphatic heterocycles. The van der Waals surface area contributed by atoms with E-state index in [0.29, 0.717) is 40.2 Å². The van der Waals surface area contributed by atoms with Crippen LogP contribution in [0.4, 0.5) is 5.69 Å². The molecular formula is C19H18BrN5O5. The van der Waals surface area contributed by atoms with Crippen molar-refractivity contribution in [2.24, 2.45) is 0 Å². The minimum absolute atomic E-state index is 0.195. The van der Waals surface area contributed by atoms with Crippen LogP contribution in [0.3, 0.4) is 0 Å². The smallest absolute Gasteiger partial charge is 0.274 e. The first-order valence-corrected chi connectivity index (χ1v) is 10.1. The van der Waals surface area contributed by atoms with Crippen molar-refractivity contribution in [2.75, 3.05) is 11.9 Å². The van der Waals surface area contributed by atoms with Crippen LogP contribution >= 0.6 is 15.9 Å². The number of imide groups is 1. The maximum atomic E-state index is 12.7. The molecular weight excluding hydrogens is 458 g/mol. The topological polar surface area (TPSA) is 133 Å². The van der Waals surface area contributed by atoms with Gasteiger partial charge in [0, 0.05) is 24.2 Å². The molecule has 3 N–H and O–H groups in total. The van der Waals surface area contributed by atoms with Crippen molar-refractivity contribution in [3.05, 3.63) is 39.5 Å². The number of benzene rings is 1. The van der Waals surface area contributed by atoms with Crippen LogP contribution in [-0.2, 0) is 16.1 Å². The van der Waals surface area contributed by atoms with E-state index in [1.54, 1.807) is 18.2 Å². The summed E-state index contributed by atoms with van der Waals surface area (Å²) in [4.78, 5) is 50.3. The van der Waals surface area contributed by atoms with Gasteiger partial charge in [-0.05, 0) is 53.0 Å². The lowest BCUT2D eigenvalue weighted by Crippen LogP contribution is -2.52. The Balaban J connectivity index is 1.50. The Labute approximate surface area is 179 Å². The molecule has 1 fully saturated rings. The molecule has 0 radical (unpaired) electrons. The van der Waals surface area contributed by atoms with E-state index in [1.165, 1.54) is 4.90 Å². The molecule has 156 valence electrons. The predicted molar refractivity (Wildman–Crippen MR) is 108 cm³/mol. The number of aromatic amines is 1. The Bertz CT molecular complexity index is 1070. The molecule has 1 aromatic carbocycles. The standard InChI is InChI=1S/C19H18BrN5O5/c1-2-30-18-14(20)15(23-24-18)17(28)21-10-3-4-11-9(7-10)8-25(19(11)29)12-5-6-13(26)22-16(12)27/h3-4,7,12H,2,5-6,8H2,1H3,(H,21,28)(H,23,24)(H,22,26,27). The molecule has 1 atom stereocenters. The van der Waals surface area contributed by atoms with Gasteiger partial charge >= 0.3 is 0 Å². The number of H-pyrrole nitrogens is 1. The van der Waals surface area contributed by atoms with Crippen LogP contribution in [0.15, 0.2) is 22.7 Å². The fourth-order valence-electron chi connectivity index (χ4n) is 3.54. The fourth-order valence-corrected chi connectivity index (χ4v) is 4.01. The summed E-state index contributed by atoms with van der Waals surface area (Å²) in [6, 6.07) is 4.26. The zero-order valence-electron chi connectivity index (χ0n) is 16.0. The average molecular weight is 476 g/mol. The van der Waals surface area contributed by atoms with Crippen LogP contribution in [0.5, 0.6) is 5.88 Å². The highest BCUT2D eigenvalue weighted by Crippen LogP contribution is 2.30. The quantitative estimate of drug-likeness (QED) is 0.562. The number of hydrogen-bond acceptors (Lipinski definition) is 6. The fraction of sp³-hybridized carbons (Fsp3) is 0.316. The summed E-state index contributed by atoms with van der Waals surface area (Å²) >= 11 is 3.29. The van der Waals surface area contributed by atoms with E-state index in [0.717, 1.165) is 0 Å². The molecule has 0 aliphatic carbocycles. The largest absolute Gasteiger partial charge is 0.476 e. The summed E-state index contributed by atoms with van der Waals surface area (Å²) in [6.45, 7) is 2.45. The van der Waals surface area contributed by atoms with E-state index in [9.17, 15) is 19.2 Å². The van der Waals surface area contributed by atoms with E-state index in [1.807, 2.05) is 6.92 Å². The molecule has 0 saturated carbocycles. The number of aromatic nitrogens is 2. The molecule has 30 heavy (non-hydrogen) atoms. The number of carbonyl (C=O) groups excluding carboxylic acids is 4. The average Bonchev–Trinajstić information content (AvgIpc) is 3.22. The number of ether oxygens (including phenoxy) is 1. The van der Waals surface area contributed by atoms with Crippen molar-refractivity contribution in [3.8, 4) is 5.88 Å². The SMILES string of the molecule is CCOc1n[nH]c(C(=O)Nc2ccc3c(c2)CN(C2CCC(=O)NC2=O)C3=O)c1Br. The highest BCUT2D eigenvalue weighted by molar-refractivity contribution is 9.10. The first-order valence-electron chi connectivity index (χ1n) is 9.34.